The van der Waals surface area contributed by atoms with Gasteiger partial charge in [0.05, 0.1) is 17.6 Å². The van der Waals surface area contributed by atoms with Crippen LogP contribution in [0.5, 0.6) is 0 Å². The van der Waals surface area contributed by atoms with E-state index in [0.717, 1.165) is 18.4 Å². The molecule has 4 atom stereocenters. The fourth-order valence-corrected chi connectivity index (χ4v) is 5.39. The molecule has 4 unspecified atom stereocenters. The van der Waals surface area contributed by atoms with E-state index in [4.69, 9.17) is 9.47 Å². The van der Waals surface area contributed by atoms with Crippen LogP contribution < -0.4 is 0 Å². The molecule has 1 aromatic carbocycles. The van der Waals surface area contributed by atoms with Gasteiger partial charge in [-0.1, -0.05) is 31.5 Å². The van der Waals surface area contributed by atoms with Gasteiger partial charge in [0.25, 0.3) is 0 Å². The number of carboxylic acids is 1. The van der Waals surface area contributed by atoms with Crippen LogP contribution in [0.2, 0.25) is 0 Å². The first kappa shape index (κ1) is 22.0. The minimum Gasteiger partial charge on any atom is -0.481 e. The van der Waals surface area contributed by atoms with Gasteiger partial charge < -0.3 is 14.6 Å². The summed E-state index contributed by atoms with van der Waals surface area (Å²) in [6.07, 6.45) is 2.48. The second-order valence-electron chi connectivity index (χ2n) is 9.20. The van der Waals surface area contributed by atoms with Crippen LogP contribution in [0.25, 0.3) is 0 Å². The number of rotatable bonds is 6. The largest absolute Gasteiger partial charge is 0.481 e. The normalized spacial score (nSPS) is 30.8. The highest BCUT2D eigenvalue weighted by Gasteiger charge is 2.60. The minimum atomic E-state index is -0.920. The van der Waals surface area contributed by atoms with Gasteiger partial charge >= 0.3 is 5.97 Å². The van der Waals surface area contributed by atoms with Gasteiger partial charge in [0.2, 0.25) is 0 Å². The van der Waals surface area contributed by atoms with Gasteiger partial charge in [-0.15, -0.1) is 0 Å². The molecule has 1 saturated heterocycles. The highest BCUT2D eigenvalue weighted by molar-refractivity contribution is 5.89. The van der Waals surface area contributed by atoms with Crippen LogP contribution in [-0.4, -0.2) is 34.4 Å². The lowest BCUT2D eigenvalue weighted by Gasteiger charge is -2.27. The molecule has 160 valence electrons. The highest BCUT2D eigenvalue weighted by atomic mass is 16.8. The predicted octanol–water partition coefficient (Wildman–Crippen LogP) is 4.25. The molecule has 0 amide bonds. The van der Waals surface area contributed by atoms with Crippen molar-refractivity contribution in [2.24, 2.45) is 11.8 Å². The van der Waals surface area contributed by atoms with Crippen molar-refractivity contribution in [2.45, 2.75) is 91.1 Å². The second kappa shape index (κ2) is 7.84. The summed E-state index contributed by atoms with van der Waals surface area (Å²) in [5.41, 5.74) is 3.94. The third kappa shape index (κ3) is 4.13. The van der Waals surface area contributed by atoms with E-state index < -0.39 is 29.2 Å². The van der Waals surface area contributed by atoms with Crippen molar-refractivity contribution < 1.29 is 24.2 Å². The number of carbonyl (C=O) groups excluding carboxylic acids is 1. The number of benzene rings is 1. The summed E-state index contributed by atoms with van der Waals surface area (Å²) in [6, 6.07) is 4.29. The molecule has 1 N–H and O–H groups in total. The molecule has 2 aliphatic rings. The molecule has 5 nitrogen and oxygen atoms in total. The van der Waals surface area contributed by atoms with E-state index in [9.17, 15) is 14.7 Å². The molecule has 0 bridgehead atoms. The smallest absolute Gasteiger partial charge is 0.307 e. The van der Waals surface area contributed by atoms with Gasteiger partial charge in [0.15, 0.2) is 5.79 Å². The van der Waals surface area contributed by atoms with Crippen LogP contribution in [0.3, 0.4) is 0 Å². The summed E-state index contributed by atoms with van der Waals surface area (Å²) in [5, 5.41) is 9.85. The lowest BCUT2D eigenvalue weighted by molar-refractivity contribution is -0.164. The summed E-state index contributed by atoms with van der Waals surface area (Å²) in [4.78, 5) is 25.4. The fourth-order valence-electron chi connectivity index (χ4n) is 5.39. The number of aliphatic carboxylic acids is 1. The molecule has 1 saturated carbocycles. The summed E-state index contributed by atoms with van der Waals surface area (Å²) in [6.45, 7) is 11.9. The van der Waals surface area contributed by atoms with E-state index in [-0.39, 0.29) is 18.3 Å². The molecule has 5 heteroatoms. The van der Waals surface area contributed by atoms with Crippen LogP contribution in [0.4, 0.5) is 0 Å². The molecule has 2 fully saturated rings. The van der Waals surface area contributed by atoms with Crippen molar-refractivity contribution in [1.29, 1.82) is 0 Å². The van der Waals surface area contributed by atoms with Crippen molar-refractivity contribution in [1.82, 2.24) is 0 Å². The Morgan fingerprint density at radius 3 is 2.10 bits per heavy atom. The van der Waals surface area contributed by atoms with Crippen molar-refractivity contribution >= 4 is 11.8 Å². The van der Waals surface area contributed by atoms with E-state index in [1.54, 1.807) is 0 Å². The predicted molar refractivity (Wildman–Crippen MR) is 111 cm³/mol. The van der Waals surface area contributed by atoms with Gasteiger partial charge in [0.1, 0.15) is 5.78 Å². The van der Waals surface area contributed by atoms with E-state index >= 15 is 0 Å². The molecular formula is C24H34O5. The second-order valence-corrected chi connectivity index (χ2v) is 9.20. The highest BCUT2D eigenvalue weighted by Crippen LogP contribution is 2.51. The summed E-state index contributed by atoms with van der Waals surface area (Å²) in [5.74, 6) is -2.97. The molecule has 1 heterocycles. The number of hydrogen-bond acceptors (Lipinski definition) is 4. The zero-order valence-electron chi connectivity index (χ0n) is 18.5. The molecule has 3 rings (SSSR count). The first-order valence-electron chi connectivity index (χ1n) is 10.8. The Balaban J connectivity index is 1.90. The maximum atomic E-state index is 13.4. The lowest BCUT2D eigenvalue weighted by Crippen LogP contribution is -2.37. The van der Waals surface area contributed by atoms with Gasteiger partial charge in [-0.3, -0.25) is 9.59 Å². The zero-order chi connectivity index (χ0) is 21.6. The van der Waals surface area contributed by atoms with Crippen molar-refractivity contribution in [3.05, 3.63) is 34.4 Å². The number of Topliss-reactive ketones (excluding diaryl/α,β-unsaturated/α-hetero) is 1. The Morgan fingerprint density at radius 2 is 1.66 bits per heavy atom. The molecule has 1 aromatic rings. The van der Waals surface area contributed by atoms with Gasteiger partial charge in [-0.05, 0) is 70.1 Å². The molecule has 0 radical (unpaired) electrons. The minimum absolute atomic E-state index is 0.00281. The molecule has 0 aromatic heterocycles. The third-order valence-electron chi connectivity index (χ3n) is 6.69. The van der Waals surface area contributed by atoms with Crippen LogP contribution in [0, 0.1) is 18.8 Å². The fraction of sp³-hybridized carbons (Fsp3) is 0.667. The van der Waals surface area contributed by atoms with Crippen LogP contribution >= 0.6 is 0 Å². The number of carbonyl (C=O) groups is 2. The average molecular weight is 403 g/mol. The van der Waals surface area contributed by atoms with E-state index in [1.165, 1.54) is 16.7 Å². The van der Waals surface area contributed by atoms with Crippen molar-refractivity contribution in [2.75, 3.05) is 0 Å². The van der Waals surface area contributed by atoms with Gasteiger partial charge in [0, 0.05) is 12.3 Å². The van der Waals surface area contributed by atoms with Crippen molar-refractivity contribution in [3.8, 4) is 0 Å². The maximum absolute atomic E-state index is 13.4. The van der Waals surface area contributed by atoms with Crippen molar-refractivity contribution in [3.63, 3.8) is 0 Å². The topological polar surface area (TPSA) is 72.8 Å². The molecule has 1 aliphatic carbocycles. The first-order chi connectivity index (χ1) is 13.5. The zero-order valence-corrected chi connectivity index (χ0v) is 18.5. The summed E-state index contributed by atoms with van der Waals surface area (Å²) in [7, 11) is 0. The Bertz CT molecular complexity index is 786. The number of hydrogen-bond donors (Lipinski definition) is 1. The number of aryl methyl sites for hydroxylation is 3. The average Bonchev–Trinajstić information content (AvgIpc) is 3.12. The standard InChI is InChI=1S/C24H34O5/c1-7-16-9-14(3)10-17(8-2)18(16)11-21(25)19-12-24(13-20(19)22(26)27)15(4)28-23(5,6)29-24/h9-10,15,19-20H,7-8,11-13H2,1-6H3,(H,26,27). The van der Waals surface area contributed by atoms with Crippen LogP contribution in [0.15, 0.2) is 12.1 Å². The monoisotopic (exact) mass is 402 g/mol. The van der Waals surface area contributed by atoms with Crippen LogP contribution in [-0.2, 0) is 38.3 Å². The molecule has 1 aliphatic heterocycles. The SMILES string of the molecule is CCc1cc(C)cc(CC)c1CC(=O)C1CC2(CC1C(=O)O)OC(C)(C)OC2C. The Labute approximate surface area is 173 Å². The van der Waals surface area contributed by atoms with E-state index in [0.29, 0.717) is 12.8 Å². The Hall–Kier alpha value is -1.72. The van der Waals surface area contributed by atoms with E-state index in [1.807, 2.05) is 20.8 Å². The van der Waals surface area contributed by atoms with E-state index in [2.05, 4.69) is 32.9 Å². The Morgan fingerprint density at radius 1 is 1.10 bits per heavy atom. The van der Waals surface area contributed by atoms with Gasteiger partial charge in [-0.25, -0.2) is 0 Å². The van der Waals surface area contributed by atoms with Gasteiger partial charge in [-0.2, -0.15) is 0 Å². The molecule has 1 spiro atoms. The quantitative estimate of drug-likeness (QED) is 0.770. The lowest BCUT2D eigenvalue weighted by atomic mass is 9.85. The summed E-state index contributed by atoms with van der Waals surface area (Å²) < 4.78 is 12.1. The first-order valence-corrected chi connectivity index (χ1v) is 10.8. The van der Waals surface area contributed by atoms with Crippen LogP contribution in [0.1, 0.15) is 69.7 Å². The summed E-state index contributed by atoms with van der Waals surface area (Å²) >= 11 is 0. The number of ether oxygens (including phenoxy) is 2. The Kier molecular flexibility index (Phi) is 5.94. The molecule has 29 heavy (non-hydrogen) atoms. The molecular weight excluding hydrogens is 368 g/mol. The third-order valence-corrected chi connectivity index (χ3v) is 6.69. The number of ketones is 1. The maximum Gasteiger partial charge on any atom is 0.307 e. The number of carboxylic acid groups (broad SMARTS) is 1.